The lowest BCUT2D eigenvalue weighted by atomic mass is 10.2. The largest absolute Gasteiger partial charge is 0.496 e. The van der Waals surface area contributed by atoms with Gasteiger partial charge in [0.05, 0.1) is 12.0 Å². The van der Waals surface area contributed by atoms with Gasteiger partial charge in [0, 0.05) is 10.6 Å². The highest BCUT2D eigenvalue weighted by molar-refractivity contribution is 7.93. The van der Waals surface area contributed by atoms with Crippen molar-refractivity contribution in [3.05, 3.63) is 53.1 Å². The highest BCUT2D eigenvalue weighted by Crippen LogP contribution is 2.29. The molecule has 2 aromatic carbocycles. The molecule has 0 saturated heterocycles. The topological polar surface area (TPSA) is 81.2 Å². The number of sulfonamides is 1. The van der Waals surface area contributed by atoms with Gasteiger partial charge >= 0.3 is 0 Å². The number of benzene rings is 2. The predicted octanol–water partition coefficient (Wildman–Crippen LogP) is 3.98. The first kappa shape index (κ1) is 17.7. The fraction of sp³-hybridized carbons (Fsp3) is 0.125. The van der Waals surface area contributed by atoms with Crippen molar-refractivity contribution in [2.24, 2.45) is 0 Å². The summed E-state index contributed by atoms with van der Waals surface area (Å²) in [4.78, 5) is 0.133. The average molecular weight is 396 g/mol. The number of hydrogen-bond acceptors (Lipinski definition) is 6. The molecule has 0 fully saturated rings. The first-order chi connectivity index (χ1) is 11.9. The molecule has 0 atom stereocenters. The second-order valence-electron chi connectivity index (χ2n) is 5.16. The van der Waals surface area contributed by atoms with Crippen molar-refractivity contribution in [1.29, 1.82) is 0 Å². The summed E-state index contributed by atoms with van der Waals surface area (Å²) in [7, 11) is -2.22. The molecule has 1 heterocycles. The summed E-state index contributed by atoms with van der Waals surface area (Å²) in [5.41, 5.74) is 1.54. The van der Waals surface area contributed by atoms with Crippen LogP contribution >= 0.6 is 22.9 Å². The molecule has 0 unspecified atom stereocenters. The lowest BCUT2D eigenvalue weighted by Gasteiger charge is -2.08. The van der Waals surface area contributed by atoms with Crippen LogP contribution in [0.1, 0.15) is 5.56 Å². The van der Waals surface area contributed by atoms with E-state index >= 15 is 0 Å². The summed E-state index contributed by atoms with van der Waals surface area (Å²) in [6.07, 6.45) is 0. The van der Waals surface area contributed by atoms with Crippen LogP contribution in [-0.4, -0.2) is 25.7 Å². The first-order valence-electron chi connectivity index (χ1n) is 7.16. The van der Waals surface area contributed by atoms with Crippen molar-refractivity contribution in [2.75, 3.05) is 11.8 Å². The van der Waals surface area contributed by atoms with Crippen molar-refractivity contribution in [3.8, 4) is 16.3 Å². The molecular weight excluding hydrogens is 382 g/mol. The van der Waals surface area contributed by atoms with E-state index in [2.05, 4.69) is 14.9 Å². The molecule has 3 aromatic rings. The number of aromatic nitrogens is 2. The summed E-state index contributed by atoms with van der Waals surface area (Å²) in [5.74, 6) is 0.625. The van der Waals surface area contributed by atoms with E-state index in [0.29, 0.717) is 15.8 Å². The summed E-state index contributed by atoms with van der Waals surface area (Å²) in [6, 6.07) is 11.7. The van der Waals surface area contributed by atoms with Gasteiger partial charge < -0.3 is 4.74 Å². The van der Waals surface area contributed by atoms with E-state index in [4.69, 9.17) is 16.3 Å². The SMILES string of the molecule is COc1ccc(S(=O)(=O)Nc2nnc(-c3ccc(Cl)cc3)s2)cc1C. The number of hydrogen-bond donors (Lipinski definition) is 1. The van der Waals surface area contributed by atoms with Crippen LogP contribution < -0.4 is 9.46 Å². The molecule has 0 amide bonds. The number of methoxy groups -OCH3 is 1. The van der Waals surface area contributed by atoms with Crippen LogP contribution in [0.3, 0.4) is 0 Å². The minimum absolute atomic E-state index is 0.133. The number of halogens is 1. The lowest BCUT2D eigenvalue weighted by molar-refractivity contribution is 0.411. The summed E-state index contributed by atoms with van der Waals surface area (Å²) in [5, 5.41) is 9.33. The molecule has 0 aliphatic rings. The molecule has 0 aliphatic carbocycles. The van der Waals surface area contributed by atoms with Crippen LogP contribution in [0.15, 0.2) is 47.4 Å². The third-order valence-corrected chi connectivity index (χ3v) is 6.02. The molecule has 0 radical (unpaired) electrons. The van der Waals surface area contributed by atoms with E-state index in [1.165, 1.54) is 13.2 Å². The van der Waals surface area contributed by atoms with Gasteiger partial charge in [-0.3, -0.25) is 4.72 Å². The van der Waals surface area contributed by atoms with Crippen LogP contribution in [0.25, 0.3) is 10.6 Å². The normalized spacial score (nSPS) is 11.3. The van der Waals surface area contributed by atoms with Crippen molar-refractivity contribution in [2.45, 2.75) is 11.8 Å². The number of nitrogens with one attached hydrogen (secondary N) is 1. The quantitative estimate of drug-likeness (QED) is 0.706. The Balaban J connectivity index is 1.84. The Morgan fingerprint density at radius 3 is 2.48 bits per heavy atom. The molecule has 0 spiro atoms. The third-order valence-electron chi connectivity index (χ3n) is 3.41. The van der Waals surface area contributed by atoms with Crippen LogP contribution in [0.5, 0.6) is 5.75 Å². The van der Waals surface area contributed by atoms with E-state index in [9.17, 15) is 8.42 Å². The van der Waals surface area contributed by atoms with Crippen molar-refractivity contribution in [3.63, 3.8) is 0 Å². The molecule has 0 bridgehead atoms. The van der Waals surface area contributed by atoms with E-state index in [-0.39, 0.29) is 10.0 Å². The van der Waals surface area contributed by atoms with Gasteiger partial charge in [-0.25, -0.2) is 8.42 Å². The molecule has 0 aliphatic heterocycles. The Labute approximate surface area is 154 Å². The predicted molar refractivity (Wildman–Crippen MR) is 98.9 cm³/mol. The van der Waals surface area contributed by atoms with E-state index in [0.717, 1.165) is 22.5 Å². The highest BCUT2D eigenvalue weighted by Gasteiger charge is 2.18. The van der Waals surface area contributed by atoms with Crippen LogP contribution in [-0.2, 0) is 10.0 Å². The van der Waals surface area contributed by atoms with Gasteiger partial charge in [0.25, 0.3) is 10.0 Å². The van der Waals surface area contributed by atoms with Crippen molar-refractivity contribution < 1.29 is 13.2 Å². The zero-order chi connectivity index (χ0) is 18.0. The number of nitrogens with zero attached hydrogens (tertiary/aromatic N) is 2. The van der Waals surface area contributed by atoms with E-state index in [1.807, 2.05) is 0 Å². The lowest BCUT2D eigenvalue weighted by Crippen LogP contribution is -2.13. The van der Waals surface area contributed by atoms with Crippen LogP contribution in [0.4, 0.5) is 5.13 Å². The van der Waals surface area contributed by atoms with Crippen molar-refractivity contribution >= 4 is 38.1 Å². The fourth-order valence-electron chi connectivity index (χ4n) is 2.17. The Morgan fingerprint density at radius 2 is 1.84 bits per heavy atom. The van der Waals surface area contributed by atoms with Gasteiger partial charge in [-0.1, -0.05) is 35.1 Å². The maximum Gasteiger partial charge on any atom is 0.263 e. The van der Waals surface area contributed by atoms with E-state index < -0.39 is 10.0 Å². The molecule has 1 aromatic heterocycles. The van der Waals surface area contributed by atoms with E-state index in [1.54, 1.807) is 43.3 Å². The standard InChI is InChI=1S/C16H14ClN3O3S2/c1-10-9-13(7-8-14(10)23-2)25(21,22)20-16-19-18-15(24-16)11-3-5-12(17)6-4-11/h3-9H,1-2H3,(H,19,20). The Hall–Kier alpha value is -2.16. The monoisotopic (exact) mass is 395 g/mol. The third kappa shape index (κ3) is 3.92. The Morgan fingerprint density at radius 1 is 1.12 bits per heavy atom. The number of aryl methyl sites for hydroxylation is 1. The van der Waals surface area contributed by atoms with Gasteiger partial charge in [0.15, 0.2) is 0 Å². The summed E-state index contributed by atoms with van der Waals surface area (Å²) >= 11 is 7.01. The highest BCUT2D eigenvalue weighted by atomic mass is 35.5. The summed E-state index contributed by atoms with van der Waals surface area (Å²) < 4.78 is 32.6. The van der Waals surface area contributed by atoms with Gasteiger partial charge in [-0.15, -0.1) is 10.2 Å². The average Bonchev–Trinajstić information content (AvgIpc) is 3.03. The minimum Gasteiger partial charge on any atom is -0.496 e. The second kappa shape index (κ2) is 6.99. The first-order valence-corrected chi connectivity index (χ1v) is 9.84. The van der Waals surface area contributed by atoms with Crippen molar-refractivity contribution in [1.82, 2.24) is 10.2 Å². The summed E-state index contributed by atoms with van der Waals surface area (Å²) in [6.45, 7) is 1.78. The maximum absolute atomic E-state index is 12.5. The molecule has 6 nitrogen and oxygen atoms in total. The smallest absolute Gasteiger partial charge is 0.263 e. The van der Waals surface area contributed by atoms with Crippen LogP contribution in [0, 0.1) is 6.92 Å². The molecule has 25 heavy (non-hydrogen) atoms. The molecule has 0 saturated carbocycles. The number of anilines is 1. The zero-order valence-corrected chi connectivity index (χ0v) is 15.7. The van der Waals surface area contributed by atoms with Gasteiger partial charge in [-0.05, 0) is 42.8 Å². The Bertz CT molecular complexity index is 1000. The molecule has 130 valence electrons. The van der Waals surface area contributed by atoms with Gasteiger partial charge in [-0.2, -0.15) is 0 Å². The van der Waals surface area contributed by atoms with Crippen LogP contribution in [0.2, 0.25) is 5.02 Å². The zero-order valence-electron chi connectivity index (χ0n) is 13.4. The minimum atomic E-state index is -3.76. The van der Waals surface area contributed by atoms with Gasteiger partial charge in [0.2, 0.25) is 5.13 Å². The fourth-order valence-corrected chi connectivity index (χ4v) is 4.36. The maximum atomic E-state index is 12.5. The second-order valence-corrected chi connectivity index (χ2v) is 8.25. The molecule has 1 N–H and O–H groups in total. The molecular formula is C16H14ClN3O3S2. The number of rotatable bonds is 5. The molecule has 3 rings (SSSR count). The van der Waals surface area contributed by atoms with Gasteiger partial charge in [0.1, 0.15) is 10.8 Å². The molecule has 9 heteroatoms. The number of ether oxygens (including phenoxy) is 1. The Kier molecular flexibility index (Phi) is 4.94.